The summed E-state index contributed by atoms with van der Waals surface area (Å²) in [7, 11) is 2.04. The van der Waals surface area contributed by atoms with Gasteiger partial charge in [-0.3, -0.25) is 9.69 Å². The number of nitrogens with one attached hydrogen (secondary N) is 1. The van der Waals surface area contributed by atoms with Crippen molar-refractivity contribution in [2.45, 2.75) is 45.6 Å². The molecule has 1 aromatic carbocycles. The molecule has 1 aromatic rings. The molecule has 1 fully saturated rings. The van der Waals surface area contributed by atoms with Crippen molar-refractivity contribution in [1.29, 1.82) is 0 Å². The maximum Gasteiger partial charge on any atom is 0.241 e. The van der Waals surface area contributed by atoms with Gasteiger partial charge in [0.15, 0.2) is 0 Å². The first kappa shape index (κ1) is 16.8. The maximum absolute atomic E-state index is 12.6. The Kier molecular flexibility index (Phi) is 6.25. The number of nitrogens with zero attached hydrogens (tertiary/aromatic N) is 2. The van der Waals surface area contributed by atoms with Crippen LogP contribution in [0.2, 0.25) is 0 Å². The van der Waals surface area contributed by atoms with E-state index in [1.807, 2.05) is 32.2 Å². The Morgan fingerprint density at radius 3 is 2.50 bits per heavy atom. The van der Waals surface area contributed by atoms with Crippen molar-refractivity contribution in [2.75, 3.05) is 36.9 Å². The second-order valence-corrected chi connectivity index (χ2v) is 6.15. The van der Waals surface area contributed by atoms with Crippen LogP contribution in [-0.4, -0.2) is 43.5 Å². The van der Waals surface area contributed by atoms with Gasteiger partial charge < -0.3 is 10.2 Å². The van der Waals surface area contributed by atoms with Gasteiger partial charge in [-0.2, -0.15) is 0 Å². The number of hydrogen-bond donors (Lipinski definition) is 1. The Bertz CT molecular complexity index is 481. The van der Waals surface area contributed by atoms with Crippen molar-refractivity contribution in [3.8, 4) is 0 Å². The number of para-hydroxylation sites is 2. The number of anilines is 2. The molecule has 4 nitrogen and oxygen atoms in total. The Hall–Kier alpha value is -1.55. The van der Waals surface area contributed by atoms with Crippen molar-refractivity contribution in [1.82, 2.24) is 4.90 Å². The summed E-state index contributed by atoms with van der Waals surface area (Å²) in [6.45, 7) is 7.11. The molecule has 1 amide bonds. The van der Waals surface area contributed by atoms with Crippen molar-refractivity contribution in [3.05, 3.63) is 24.3 Å². The second-order valence-electron chi connectivity index (χ2n) is 6.15. The molecule has 1 atom stereocenters. The zero-order valence-electron chi connectivity index (χ0n) is 14.1. The minimum absolute atomic E-state index is 0.0712. The third-order valence-electron chi connectivity index (χ3n) is 4.62. The largest absolute Gasteiger partial charge is 0.373 e. The Morgan fingerprint density at radius 1 is 1.23 bits per heavy atom. The van der Waals surface area contributed by atoms with Crippen LogP contribution in [0.3, 0.4) is 0 Å². The van der Waals surface area contributed by atoms with E-state index in [1.165, 1.54) is 25.7 Å². The molecular weight excluding hydrogens is 274 g/mol. The predicted octanol–water partition coefficient (Wildman–Crippen LogP) is 3.35. The van der Waals surface area contributed by atoms with Crippen LogP contribution in [0, 0.1) is 0 Å². The van der Waals surface area contributed by atoms with Crippen LogP contribution >= 0.6 is 0 Å². The molecule has 0 radical (unpaired) electrons. The molecule has 0 saturated carbocycles. The molecule has 22 heavy (non-hydrogen) atoms. The van der Waals surface area contributed by atoms with E-state index in [4.69, 9.17) is 0 Å². The van der Waals surface area contributed by atoms with Gasteiger partial charge in [-0.15, -0.1) is 0 Å². The van der Waals surface area contributed by atoms with Crippen LogP contribution < -0.4 is 10.2 Å². The minimum Gasteiger partial charge on any atom is -0.373 e. The fourth-order valence-electron chi connectivity index (χ4n) is 2.97. The van der Waals surface area contributed by atoms with Gasteiger partial charge in [-0.25, -0.2) is 0 Å². The molecule has 1 saturated heterocycles. The molecule has 122 valence electrons. The molecule has 0 aliphatic carbocycles. The molecule has 0 aromatic heterocycles. The van der Waals surface area contributed by atoms with E-state index in [0.29, 0.717) is 0 Å². The Morgan fingerprint density at radius 2 is 1.86 bits per heavy atom. The van der Waals surface area contributed by atoms with E-state index in [2.05, 4.69) is 28.1 Å². The summed E-state index contributed by atoms with van der Waals surface area (Å²) in [5.41, 5.74) is 1.97. The number of amides is 1. The standard InChI is InChI=1S/C18H29N3O/c1-4-20(3)17-12-8-7-11-16(17)19-18(22)15(2)21-13-9-5-6-10-14-21/h7-8,11-12,15H,4-6,9-10,13-14H2,1-3H3,(H,19,22). The fourth-order valence-corrected chi connectivity index (χ4v) is 2.97. The third-order valence-corrected chi connectivity index (χ3v) is 4.62. The highest BCUT2D eigenvalue weighted by molar-refractivity contribution is 5.97. The van der Waals surface area contributed by atoms with E-state index < -0.39 is 0 Å². The highest BCUT2D eigenvalue weighted by Crippen LogP contribution is 2.25. The molecule has 1 aliphatic heterocycles. The molecule has 1 unspecified atom stereocenters. The first-order valence-electron chi connectivity index (χ1n) is 8.48. The molecule has 0 spiro atoms. The van der Waals surface area contributed by atoms with Gasteiger partial charge in [0.25, 0.3) is 0 Å². The van der Waals surface area contributed by atoms with Crippen LogP contribution in [0.5, 0.6) is 0 Å². The molecule has 1 aliphatic rings. The lowest BCUT2D eigenvalue weighted by Gasteiger charge is -2.27. The van der Waals surface area contributed by atoms with Gasteiger partial charge in [0, 0.05) is 13.6 Å². The lowest BCUT2D eigenvalue weighted by Crippen LogP contribution is -2.42. The van der Waals surface area contributed by atoms with Crippen LogP contribution in [0.4, 0.5) is 11.4 Å². The van der Waals surface area contributed by atoms with E-state index in [9.17, 15) is 4.79 Å². The van der Waals surface area contributed by atoms with E-state index in [0.717, 1.165) is 31.0 Å². The topological polar surface area (TPSA) is 35.6 Å². The van der Waals surface area contributed by atoms with Gasteiger partial charge in [0.1, 0.15) is 0 Å². The first-order valence-corrected chi connectivity index (χ1v) is 8.48. The summed E-state index contributed by atoms with van der Waals surface area (Å²) in [6, 6.07) is 7.94. The second kappa shape index (κ2) is 8.18. The predicted molar refractivity (Wildman–Crippen MR) is 93.5 cm³/mol. The van der Waals surface area contributed by atoms with Crippen LogP contribution in [0.1, 0.15) is 39.5 Å². The lowest BCUT2D eigenvalue weighted by molar-refractivity contribution is -0.120. The van der Waals surface area contributed by atoms with Crippen molar-refractivity contribution >= 4 is 17.3 Å². The van der Waals surface area contributed by atoms with Crippen LogP contribution in [-0.2, 0) is 4.79 Å². The van der Waals surface area contributed by atoms with Crippen molar-refractivity contribution in [2.24, 2.45) is 0 Å². The summed E-state index contributed by atoms with van der Waals surface area (Å²) in [5.74, 6) is 0.0962. The SMILES string of the molecule is CCN(C)c1ccccc1NC(=O)C(C)N1CCCCCC1. The summed E-state index contributed by atoms with van der Waals surface area (Å²) < 4.78 is 0. The summed E-state index contributed by atoms with van der Waals surface area (Å²) in [6.07, 6.45) is 4.98. The quantitative estimate of drug-likeness (QED) is 0.906. The average molecular weight is 303 g/mol. The molecule has 1 heterocycles. The van der Waals surface area contributed by atoms with Crippen molar-refractivity contribution < 1.29 is 4.79 Å². The zero-order chi connectivity index (χ0) is 15.9. The average Bonchev–Trinajstić information content (AvgIpc) is 2.83. The van der Waals surface area contributed by atoms with Gasteiger partial charge >= 0.3 is 0 Å². The van der Waals surface area contributed by atoms with Crippen LogP contribution in [0.25, 0.3) is 0 Å². The van der Waals surface area contributed by atoms with Gasteiger partial charge in [-0.1, -0.05) is 25.0 Å². The summed E-state index contributed by atoms with van der Waals surface area (Å²) in [4.78, 5) is 17.1. The molecule has 0 bridgehead atoms. The number of carbonyl (C=O) groups is 1. The first-order chi connectivity index (χ1) is 10.6. The molecule has 2 rings (SSSR count). The van der Waals surface area contributed by atoms with Gasteiger partial charge in [0.05, 0.1) is 17.4 Å². The monoisotopic (exact) mass is 303 g/mol. The summed E-state index contributed by atoms with van der Waals surface area (Å²) >= 11 is 0. The Balaban J connectivity index is 2.04. The lowest BCUT2D eigenvalue weighted by atomic mass is 10.2. The smallest absolute Gasteiger partial charge is 0.241 e. The van der Waals surface area contributed by atoms with Crippen LogP contribution in [0.15, 0.2) is 24.3 Å². The van der Waals surface area contributed by atoms with Gasteiger partial charge in [0.2, 0.25) is 5.91 Å². The van der Waals surface area contributed by atoms with Gasteiger partial charge in [-0.05, 0) is 51.9 Å². The fraction of sp³-hybridized carbons (Fsp3) is 0.611. The van der Waals surface area contributed by atoms with E-state index in [-0.39, 0.29) is 11.9 Å². The molecule has 4 heteroatoms. The third kappa shape index (κ3) is 4.23. The number of benzene rings is 1. The zero-order valence-corrected chi connectivity index (χ0v) is 14.1. The van der Waals surface area contributed by atoms with E-state index >= 15 is 0 Å². The molecule has 1 N–H and O–H groups in total. The Labute approximate surface area is 134 Å². The number of hydrogen-bond acceptors (Lipinski definition) is 3. The molecular formula is C18H29N3O. The highest BCUT2D eigenvalue weighted by atomic mass is 16.2. The number of rotatable bonds is 5. The summed E-state index contributed by atoms with van der Waals surface area (Å²) in [5, 5.41) is 3.12. The van der Waals surface area contributed by atoms with Crippen molar-refractivity contribution in [3.63, 3.8) is 0 Å². The minimum atomic E-state index is -0.0712. The maximum atomic E-state index is 12.6. The number of carbonyl (C=O) groups excluding carboxylic acids is 1. The van der Waals surface area contributed by atoms with E-state index in [1.54, 1.807) is 0 Å². The number of likely N-dealkylation sites (tertiary alicyclic amines) is 1. The highest BCUT2D eigenvalue weighted by Gasteiger charge is 2.22. The normalized spacial score (nSPS) is 17.6.